The average molecular weight is 474 g/mol. The van der Waals surface area contributed by atoms with E-state index >= 15 is 0 Å². The van der Waals surface area contributed by atoms with Crippen LogP contribution in [-0.4, -0.2) is 65.9 Å². The summed E-state index contributed by atoms with van der Waals surface area (Å²) in [7, 11) is 0. The molecule has 3 aliphatic rings. The molecule has 1 aromatic carbocycles. The molecule has 0 atom stereocenters. The molecular formula is C29H35N3O3. The van der Waals surface area contributed by atoms with Gasteiger partial charge in [-0.3, -0.25) is 9.88 Å². The molecule has 0 unspecified atom stereocenters. The Hall–Kier alpha value is -2.96. The fourth-order valence-electron chi connectivity index (χ4n) is 4.93. The van der Waals surface area contributed by atoms with Crippen LogP contribution in [-0.2, 0) is 22.4 Å². The molecule has 6 nitrogen and oxygen atoms in total. The van der Waals surface area contributed by atoms with Gasteiger partial charge in [-0.05, 0) is 61.6 Å². The van der Waals surface area contributed by atoms with Gasteiger partial charge in [0.15, 0.2) is 0 Å². The molecule has 1 aromatic heterocycles. The molecular weight excluding hydrogens is 438 g/mol. The van der Waals surface area contributed by atoms with Gasteiger partial charge in [0, 0.05) is 56.5 Å². The van der Waals surface area contributed by atoms with E-state index in [-0.39, 0.29) is 6.09 Å². The number of allylic oxidation sites excluding steroid dienone is 2. The van der Waals surface area contributed by atoms with Crippen LogP contribution in [0.3, 0.4) is 0 Å². The van der Waals surface area contributed by atoms with Crippen molar-refractivity contribution in [2.24, 2.45) is 0 Å². The van der Waals surface area contributed by atoms with Crippen LogP contribution in [0.2, 0.25) is 0 Å². The Bertz CT molecular complexity index is 1160. The number of benzene rings is 1. The van der Waals surface area contributed by atoms with Crippen LogP contribution in [0.5, 0.6) is 0 Å². The number of morpholine rings is 1. The molecule has 1 fully saturated rings. The van der Waals surface area contributed by atoms with Gasteiger partial charge in [-0.25, -0.2) is 4.79 Å². The molecule has 184 valence electrons. The van der Waals surface area contributed by atoms with E-state index in [0.717, 1.165) is 56.9 Å². The maximum atomic E-state index is 12.4. The SMILES string of the molecule is CC(C)(C)OC(=O)N1CC=C(C2=CCc3ncc(-c4cccc(CN5CCOCC5)c4)cc32)CC1. The summed E-state index contributed by atoms with van der Waals surface area (Å²) in [4.78, 5) is 21.5. The third kappa shape index (κ3) is 5.65. The topological polar surface area (TPSA) is 54.9 Å². The van der Waals surface area contributed by atoms with Crippen LogP contribution >= 0.6 is 0 Å². The number of pyridine rings is 1. The van der Waals surface area contributed by atoms with Crippen LogP contribution in [0.25, 0.3) is 16.7 Å². The summed E-state index contributed by atoms with van der Waals surface area (Å²) in [6.07, 6.45) is 7.89. The number of rotatable bonds is 4. The van der Waals surface area contributed by atoms with Crippen molar-refractivity contribution in [1.82, 2.24) is 14.8 Å². The minimum Gasteiger partial charge on any atom is -0.444 e. The van der Waals surface area contributed by atoms with Crippen LogP contribution < -0.4 is 0 Å². The Morgan fingerprint density at radius 1 is 1.09 bits per heavy atom. The smallest absolute Gasteiger partial charge is 0.410 e. The van der Waals surface area contributed by atoms with Crippen molar-refractivity contribution < 1.29 is 14.3 Å². The summed E-state index contributed by atoms with van der Waals surface area (Å²) < 4.78 is 11.0. The highest BCUT2D eigenvalue weighted by atomic mass is 16.6. The molecule has 35 heavy (non-hydrogen) atoms. The number of amides is 1. The zero-order chi connectivity index (χ0) is 24.4. The molecule has 1 saturated heterocycles. The van der Waals surface area contributed by atoms with E-state index in [1.165, 1.54) is 27.8 Å². The maximum absolute atomic E-state index is 12.4. The molecule has 0 radical (unpaired) electrons. The first-order valence-corrected chi connectivity index (χ1v) is 12.6. The molecule has 2 aliphatic heterocycles. The quantitative estimate of drug-likeness (QED) is 0.619. The zero-order valence-corrected chi connectivity index (χ0v) is 21.0. The fraction of sp³-hybridized carbons (Fsp3) is 0.448. The number of hydrogen-bond acceptors (Lipinski definition) is 5. The van der Waals surface area contributed by atoms with Crippen molar-refractivity contribution in [2.75, 3.05) is 39.4 Å². The van der Waals surface area contributed by atoms with Crippen molar-refractivity contribution in [3.63, 3.8) is 0 Å². The average Bonchev–Trinajstić information content (AvgIpc) is 3.27. The van der Waals surface area contributed by atoms with Crippen molar-refractivity contribution in [2.45, 2.75) is 45.8 Å². The molecule has 0 saturated carbocycles. The Morgan fingerprint density at radius 3 is 2.66 bits per heavy atom. The number of fused-ring (bicyclic) bond motifs is 1. The molecule has 6 heteroatoms. The van der Waals surface area contributed by atoms with E-state index in [1.807, 2.05) is 27.0 Å². The second kappa shape index (κ2) is 9.96. The monoisotopic (exact) mass is 473 g/mol. The first-order valence-electron chi connectivity index (χ1n) is 12.6. The molecule has 0 bridgehead atoms. The molecule has 1 aliphatic carbocycles. The summed E-state index contributed by atoms with van der Waals surface area (Å²) in [5.41, 5.74) is 8.10. The van der Waals surface area contributed by atoms with Gasteiger partial charge < -0.3 is 14.4 Å². The first kappa shape index (κ1) is 23.8. The van der Waals surface area contributed by atoms with Crippen LogP contribution in [0.4, 0.5) is 4.79 Å². The predicted molar refractivity (Wildman–Crippen MR) is 138 cm³/mol. The van der Waals surface area contributed by atoms with Crippen molar-refractivity contribution in [3.05, 3.63) is 71.1 Å². The first-order chi connectivity index (χ1) is 16.9. The molecule has 0 N–H and O–H groups in total. The summed E-state index contributed by atoms with van der Waals surface area (Å²) in [5, 5.41) is 0. The summed E-state index contributed by atoms with van der Waals surface area (Å²) >= 11 is 0. The fourth-order valence-corrected chi connectivity index (χ4v) is 4.93. The van der Waals surface area contributed by atoms with E-state index in [9.17, 15) is 4.79 Å². The van der Waals surface area contributed by atoms with Gasteiger partial charge >= 0.3 is 6.09 Å². The highest BCUT2D eigenvalue weighted by molar-refractivity contribution is 5.86. The van der Waals surface area contributed by atoms with Gasteiger partial charge in [-0.2, -0.15) is 0 Å². The predicted octanol–water partition coefficient (Wildman–Crippen LogP) is 5.09. The number of hydrogen-bond donors (Lipinski definition) is 0. The van der Waals surface area contributed by atoms with Crippen LogP contribution in [0.15, 0.2) is 54.3 Å². The van der Waals surface area contributed by atoms with Gasteiger partial charge in [0.1, 0.15) is 5.60 Å². The Morgan fingerprint density at radius 2 is 1.91 bits per heavy atom. The lowest BCUT2D eigenvalue weighted by Gasteiger charge is -2.30. The van der Waals surface area contributed by atoms with E-state index in [1.54, 1.807) is 4.90 Å². The zero-order valence-electron chi connectivity index (χ0n) is 21.0. The molecule has 2 aromatic rings. The lowest BCUT2D eigenvalue weighted by molar-refractivity contribution is 0.0267. The van der Waals surface area contributed by atoms with Gasteiger partial charge in [0.2, 0.25) is 0 Å². The number of aromatic nitrogens is 1. The lowest BCUT2D eigenvalue weighted by atomic mass is 9.94. The minimum atomic E-state index is -0.477. The Balaban J connectivity index is 1.31. The number of nitrogens with zero attached hydrogens (tertiary/aromatic N) is 3. The second-order valence-electron chi connectivity index (χ2n) is 10.5. The minimum absolute atomic E-state index is 0.241. The maximum Gasteiger partial charge on any atom is 0.410 e. The summed E-state index contributed by atoms with van der Waals surface area (Å²) in [6, 6.07) is 11.1. The normalized spacial score (nSPS) is 18.7. The molecule has 3 heterocycles. The second-order valence-corrected chi connectivity index (χ2v) is 10.5. The van der Waals surface area contributed by atoms with Gasteiger partial charge in [0.05, 0.1) is 18.9 Å². The van der Waals surface area contributed by atoms with Crippen molar-refractivity contribution >= 4 is 11.7 Å². The van der Waals surface area contributed by atoms with E-state index in [2.05, 4.69) is 47.4 Å². The Labute approximate surface area is 208 Å². The molecule has 0 spiro atoms. The highest BCUT2D eigenvalue weighted by Gasteiger charge is 2.26. The van der Waals surface area contributed by atoms with Gasteiger partial charge in [-0.1, -0.05) is 30.4 Å². The van der Waals surface area contributed by atoms with Gasteiger partial charge in [-0.15, -0.1) is 0 Å². The third-order valence-corrected chi connectivity index (χ3v) is 6.74. The van der Waals surface area contributed by atoms with E-state index < -0.39 is 5.60 Å². The van der Waals surface area contributed by atoms with Crippen LogP contribution in [0.1, 0.15) is 44.0 Å². The third-order valence-electron chi connectivity index (χ3n) is 6.74. The van der Waals surface area contributed by atoms with E-state index in [0.29, 0.717) is 13.1 Å². The largest absolute Gasteiger partial charge is 0.444 e. The molecule has 5 rings (SSSR count). The van der Waals surface area contributed by atoms with Crippen LogP contribution in [0, 0.1) is 0 Å². The number of carbonyl (C=O) groups excluding carboxylic acids is 1. The summed E-state index contributed by atoms with van der Waals surface area (Å²) in [6.45, 7) is 11.5. The van der Waals surface area contributed by atoms with Gasteiger partial charge in [0.25, 0.3) is 0 Å². The number of carbonyl (C=O) groups is 1. The van der Waals surface area contributed by atoms with Crippen molar-refractivity contribution in [3.8, 4) is 11.1 Å². The van der Waals surface area contributed by atoms with Crippen molar-refractivity contribution in [1.29, 1.82) is 0 Å². The lowest BCUT2D eigenvalue weighted by Crippen LogP contribution is -2.39. The standard InChI is InChI=1S/C29H35N3O3/c1-29(2,3)35-28(33)32-11-9-22(10-12-32)25-7-8-27-26(25)18-24(19-30-27)23-6-4-5-21(17-23)20-31-13-15-34-16-14-31/h4-7,9,17-19H,8,10-16,20H2,1-3H3. The molecule has 1 amide bonds. The van der Waals surface area contributed by atoms with E-state index in [4.69, 9.17) is 14.5 Å². The number of ether oxygens (including phenoxy) is 2. The highest BCUT2D eigenvalue weighted by Crippen LogP contribution is 2.37. The Kier molecular flexibility index (Phi) is 6.76. The summed E-state index contributed by atoms with van der Waals surface area (Å²) in [5.74, 6) is 0.